The Morgan fingerprint density at radius 1 is 1.12 bits per heavy atom. The molecular formula is C11H8Cl2O4. The molecule has 6 heteroatoms. The molecule has 0 saturated carbocycles. The predicted molar refractivity (Wildman–Crippen MR) is 61.8 cm³/mol. The molecular weight excluding hydrogens is 267 g/mol. The first-order valence-corrected chi connectivity index (χ1v) is 5.61. The summed E-state index contributed by atoms with van der Waals surface area (Å²) >= 11 is 11.7. The minimum atomic E-state index is -1.13. The van der Waals surface area contributed by atoms with Gasteiger partial charge in [-0.1, -0.05) is 35.4 Å². The number of rotatable bonds is 2. The molecule has 0 spiro atoms. The number of aliphatic carboxylic acids is 2. The van der Waals surface area contributed by atoms with E-state index in [1.807, 2.05) is 0 Å². The van der Waals surface area contributed by atoms with Crippen molar-refractivity contribution in [2.75, 3.05) is 0 Å². The number of hydrogen-bond acceptors (Lipinski definition) is 2. The topological polar surface area (TPSA) is 74.6 Å². The molecule has 2 aliphatic carbocycles. The Morgan fingerprint density at radius 2 is 1.65 bits per heavy atom. The zero-order valence-corrected chi connectivity index (χ0v) is 10.00. The fraction of sp³-hybridized carbons (Fsp3) is 0.273. The minimum Gasteiger partial charge on any atom is -0.481 e. The van der Waals surface area contributed by atoms with Crippen LogP contribution in [-0.2, 0) is 9.59 Å². The third-order valence-electron chi connectivity index (χ3n) is 2.89. The monoisotopic (exact) mass is 274 g/mol. The van der Waals surface area contributed by atoms with Crippen LogP contribution in [0.15, 0.2) is 33.4 Å². The van der Waals surface area contributed by atoms with Gasteiger partial charge in [-0.15, -0.1) is 0 Å². The third-order valence-corrected chi connectivity index (χ3v) is 3.83. The van der Waals surface area contributed by atoms with Crippen molar-refractivity contribution in [3.8, 4) is 0 Å². The fourth-order valence-electron chi connectivity index (χ4n) is 2.17. The van der Waals surface area contributed by atoms with E-state index in [0.717, 1.165) is 0 Å². The Morgan fingerprint density at radius 3 is 2.18 bits per heavy atom. The normalized spacial score (nSPS) is 27.4. The first-order valence-electron chi connectivity index (χ1n) is 4.85. The first kappa shape index (κ1) is 12.2. The van der Waals surface area contributed by atoms with E-state index >= 15 is 0 Å². The number of carbonyl (C=O) groups is 2. The summed E-state index contributed by atoms with van der Waals surface area (Å²) in [6.45, 7) is 0. The SMILES string of the molecule is O=C(O)C1C(Cl)=C(Cl)C(C(=O)O)C2=C1C=CC2. The lowest BCUT2D eigenvalue weighted by atomic mass is 9.82. The summed E-state index contributed by atoms with van der Waals surface area (Å²) in [7, 11) is 0. The molecule has 0 saturated heterocycles. The maximum Gasteiger partial charge on any atom is 0.316 e. The van der Waals surface area contributed by atoms with Crippen LogP contribution in [0.1, 0.15) is 6.42 Å². The molecule has 90 valence electrons. The van der Waals surface area contributed by atoms with Gasteiger partial charge in [-0.3, -0.25) is 9.59 Å². The van der Waals surface area contributed by atoms with Crippen LogP contribution in [0.4, 0.5) is 0 Å². The van der Waals surface area contributed by atoms with Crippen molar-refractivity contribution < 1.29 is 19.8 Å². The van der Waals surface area contributed by atoms with E-state index in [9.17, 15) is 9.59 Å². The zero-order chi connectivity index (χ0) is 12.7. The molecule has 0 aromatic heterocycles. The zero-order valence-electron chi connectivity index (χ0n) is 8.48. The summed E-state index contributed by atoms with van der Waals surface area (Å²) in [5.41, 5.74) is 0.957. The van der Waals surface area contributed by atoms with Crippen molar-refractivity contribution in [2.24, 2.45) is 11.8 Å². The lowest BCUT2D eigenvalue weighted by Crippen LogP contribution is -2.28. The van der Waals surface area contributed by atoms with Crippen LogP contribution in [-0.4, -0.2) is 22.2 Å². The molecule has 0 aliphatic heterocycles. The molecule has 2 atom stereocenters. The second kappa shape index (κ2) is 4.20. The molecule has 2 unspecified atom stereocenters. The maximum atomic E-state index is 11.1. The molecule has 4 nitrogen and oxygen atoms in total. The van der Waals surface area contributed by atoms with Crippen LogP contribution in [0, 0.1) is 11.8 Å². The number of carboxylic acid groups (broad SMARTS) is 2. The highest BCUT2D eigenvalue weighted by Gasteiger charge is 2.41. The number of halogens is 2. The van der Waals surface area contributed by atoms with Gasteiger partial charge in [0.1, 0.15) is 11.8 Å². The van der Waals surface area contributed by atoms with Gasteiger partial charge in [-0.2, -0.15) is 0 Å². The fourth-order valence-corrected chi connectivity index (χ4v) is 2.82. The van der Waals surface area contributed by atoms with Gasteiger partial charge in [0.25, 0.3) is 0 Å². The second-order valence-electron chi connectivity index (χ2n) is 3.83. The number of hydrogen-bond donors (Lipinski definition) is 2. The number of allylic oxidation sites excluding steroid dienone is 2. The van der Waals surface area contributed by atoms with Gasteiger partial charge < -0.3 is 10.2 Å². The van der Waals surface area contributed by atoms with Crippen LogP contribution >= 0.6 is 23.2 Å². The highest BCUT2D eigenvalue weighted by atomic mass is 35.5. The molecule has 0 radical (unpaired) electrons. The van der Waals surface area contributed by atoms with E-state index in [0.29, 0.717) is 17.6 Å². The largest absolute Gasteiger partial charge is 0.481 e. The van der Waals surface area contributed by atoms with Gasteiger partial charge in [0.2, 0.25) is 0 Å². The number of carboxylic acids is 2. The van der Waals surface area contributed by atoms with E-state index in [2.05, 4.69) is 0 Å². The van der Waals surface area contributed by atoms with Crippen molar-refractivity contribution in [2.45, 2.75) is 6.42 Å². The molecule has 0 fully saturated rings. The van der Waals surface area contributed by atoms with Crippen molar-refractivity contribution >= 4 is 35.1 Å². The molecule has 2 rings (SSSR count). The van der Waals surface area contributed by atoms with Crippen molar-refractivity contribution in [1.82, 2.24) is 0 Å². The van der Waals surface area contributed by atoms with Crippen LogP contribution < -0.4 is 0 Å². The van der Waals surface area contributed by atoms with Crippen LogP contribution in [0.5, 0.6) is 0 Å². The molecule has 0 aromatic carbocycles. The second-order valence-corrected chi connectivity index (χ2v) is 4.64. The van der Waals surface area contributed by atoms with E-state index in [-0.39, 0.29) is 10.1 Å². The first-order chi connectivity index (χ1) is 7.95. The van der Waals surface area contributed by atoms with Crippen molar-refractivity contribution in [1.29, 1.82) is 0 Å². The van der Waals surface area contributed by atoms with Gasteiger partial charge in [0.15, 0.2) is 0 Å². The van der Waals surface area contributed by atoms with Crippen LogP contribution in [0.3, 0.4) is 0 Å². The van der Waals surface area contributed by atoms with Gasteiger partial charge in [-0.25, -0.2) is 0 Å². The smallest absolute Gasteiger partial charge is 0.316 e. The summed E-state index contributed by atoms with van der Waals surface area (Å²) in [6.07, 6.45) is 3.72. The highest BCUT2D eigenvalue weighted by molar-refractivity contribution is 6.41. The van der Waals surface area contributed by atoms with Gasteiger partial charge in [0, 0.05) is 0 Å². The molecule has 0 aromatic rings. The molecule has 17 heavy (non-hydrogen) atoms. The van der Waals surface area contributed by atoms with Crippen molar-refractivity contribution in [3.05, 3.63) is 33.4 Å². The van der Waals surface area contributed by atoms with E-state index < -0.39 is 23.8 Å². The third kappa shape index (κ3) is 1.77. The van der Waals surface area contributed by atoms with Crippen LogP contribution in [0.25, 0.3) is 0 Å². The average molecular weight is 275 g/mol. The standard InChI is InChI=1S/C11H8Cl2O4/c12-8-6(10(14)15)4-2-1-3-5(4)7(9(8)13)11(16)17/h1-2,6-7H,3H2,(H,14,15)(H,16,17). The molecule has 0 heterocycles. The molecule has 0 bridgehead atoms. The molecule has 0 amide bonds. The van der Waals surface area contributed by atoms with Crippen LogP contribution in [0.2, 0.25) is 0 Å². The maximum absolute atomic E-state index is 11.1. The Kier molecular flexibility index (Phi) is 3.02. The van der Waals surface area contributed by atoms with Crippen molar-refractivity contribution in [3.63, 3.8) is 0 Å². The summed E-state index contributed by atoms with van der Waals surface area (Å²) in [5, 5.41) is 18.0. The molecule has 2 aliphatic rings. The Balaban J connectivity index is 2.58. The van der Waals surface area contributed by atoms with Gasteiger partial charge in [0.05, 0.1) is 10.1 Å². The summed E-state index contributed by atoms with van der Waals surface area (Å²) in [5.74, 6) is -4.32. The summed E-state index contributed by atoms with van der Waals surface area (Å²) in [4.78, 5) is 22.3. The Hall–Kier alpha value is -1.26. The average Bonchev–Trinajstić information content (AvgIpc) is 2.66. The Bertz CT molecular complexity index is 502. The highest BCUT2D eigenvalue weighted by Crippen LogP contribution is 2.46. The van der Waals surface area contributed by atoms with Gasteiger partial charge >= 0.3 is 11.9 Å². The summed E-state index contributed by atoms with van der Waals surface area (Å²) < 4.78 is 0. The minimum absolute atomic E-state index is 0.103. The van der Waals surface area contributed by atoms with E-state index in [1.54, 1.807) is 12.2 Å². The van der Waals surface area contributed by atoms with Gasteiger partial charge in [-0.05, 0) is 17.6 Å². The predicted octanol–water partition coefficient (Wildman–Crippen LogP) is 2.35. The van der Waals surface area contributed by atoms with E-state index in [1.165, 1.54) is 0 Å². The Labute approximate surface area is 107 Å². The molecule has 2 N–H and O–H groups in total. The lowest BCUT2D eigenvalue weighted by molar-refractivity contribution is -0.141. The summed E-state index contributed by atoms with van der Waals surface area (Å²) in [6, 6.07) is 0. The lowest BCUT2D eigenvalue weighted by Gasteiger charge is -2.26. The quantitative estimate of drug-likeness (QED) is 0.811. The van der Waals surface area contributed by atoms with E-state index in [4.69, 9.17) is 33.4 Å².